The Morgan fingerprint density at radius 2 is 1.72 bits per heavy atom. The van der Waals surface area contributed by atoms with Gasteiger partial charge >= 0.3 is 0 Å². The Hall–Kier alpha value is -1.38. The molecule has 4 heteroatoms. The van der Waals surface area contributed by atoms with Crippen LogP contribution < -0.4 is 10.5 Å². The number of benzene rings is 2. The van der Waals surface area contributed by atoms with Crippen LogP contribution in [0.4, 0.5) is 5.69 Å². The number of nitrogens with two attached hydrogens (primary N) is 1. The van der Waals surface area contributed by atoms with Crippen molar-refractivity contribution < 1.29 is 4.74 Å². The highest BCUT2D eigenvalue weighted by Crippen LogP contribution is 2.34. The van der Waals surface area contributed by atoms with E-state index in [1.807, 2.05) is 31.2 Å². The van der Waals surface area contributed by atoms with Crippen LogP contribution in [0, 0.1) is 0 Å². The summed E-state index contributed by atoms with van der Waals surface area (Å²) in [7, 11) is 0. The number of halogens is 2. The topological polar surface area (TPSA) is 35.2 Å². The van der Waals surface area contributed by atoms with Gasteiger partial charge in [-0.2, -0.15) is 0 Å². The molecule has 0 aliphatic rings. The third kappa shape index (κ3) is 2.71. The van der Waals surface area contributed by atoms with Gasteiger partial charge in [0.25, 0.3) is 0 Å². The lowest BCUT2D eigenvalue weighted by molar-refractivity contribution is 0.340. The van der Waals surface area contributed by atoms with E-state index in [2.05, 4.69) is 0 Å². The molecule has 0 fully saturated rings. The summed E-state index contributed by atoms with van der Waals surface area (Å²) < 4.78 is 5.46. The van der Waals surface area contributed by atoms with E-state index in [-0.39, 0.29) is 0 Å². The zero-order valence-electron chi connectivity index (χ0n) is 9.91. The first-order valence-electron chi connectivity index (χ1n) is 5.59. The Morgan fingerprint density at radius 3 is 2.33 bits per heavy atom. The number of ether oxygens (including phenoxy) is 1. The van der Waals surface area contributed by atoms with Crippen LogP contribution in [0.2, 0.25) is 10.0 Å². The van der Waals surface area contributed by atoms with Crippen LogP contribution >= 0.6 is 23.2 Å². The highest BCUT2D eigenvalue weighted by atomic mass is 35.5. The number of anilines is 1. The molecule has 0 atom stereocenters. The highest BCUT2D eigenvalue weighted by Gasteiger charge is 2.07. The lowest BCUT2D eigenvalue weighted by atomic mass is 10.1. The van der Waals surface area contributed by atoms with Crippen molar-refractivity contribution in [1.82, 2.24) is 0 Å². The fourth-order valence-corrected chi connectivity index (χ4v) is 2.17. The zero-order valence-corrected chi connectivity index (χ0v) is 11.4. The first-order valence-corrected chi connectivity index (χ1v) is 6.35. The Bertz CT molecular complexity index is 546. The third-order valence-corrected chi connectivity index (χ3v) is 3.18. The predicted molar refractivity (Wildman–Crippen MR) is 77.5 cm³/mol. The van der Waals surface area contributed by atoms with Gasteiger partial charge in [-0.25, -0.2) is 0 Å². The molecule has 0 bridgehead atoms. The third-order valence-electron chi connectivity index (χ3n) is 2.56. The van der Waals surface area contributed by atoms with E-state index in [0.29, 0.717) is 22.3 Å². The molecule has 0 saturated heterocycles. The first kappa shape index (κ1) is 13.1. The summed E-state index contributed by atoms with van der Waals surface area (Å²) in [5.74, 6) is 0.819. The van der Waals surface area contributed by atoms with Gasteiger partial charge < -0.3 is 10.5 Å². The van der Waals surface area contributed by atoms with E-state index in [1.165, 1.54) is 0 Å². The maximum Gasteiger partial charge on any atom is 0.119 e. The van der Waals surface area contributed by atoms with Gasteiger partial charge in [0.15, 0.2) is 0 Å². The number of hydrogen-bond donors (Lipinski definition) is 1. The molecule has 0 spiro atoms. The fourth-order valence-electron chi connectivity index (χ4n) is 1.68. The van der Waals surface area contributed by atoms with E-state index in [1.54, 1.807) is 12.1 Å². The van der Waals surface area contributed by atoms with Crippen LogP contribution in [0.5, 0.6) is 5.75 Å². The summed E-state index contributed by atoms with van der Waals surface area (Å²) in [4.78, 5) is 0. The van der Waals surface area contributed by atoms with Crippen LogP contribution in [-0.4, -0.2) is 6.61 Å². The zero-order chi connectivity index (χ0) is 13.1. The fraction of sp³-hybridized carbons (Fsp3) is 0.143. The minimum atomic E-state index is 0.406. The van der Waals surface area contributed by atoms with Crippen LogP contribution in [0.25, 0.3) is 11.1 Å². The number of rotatable bonds is 3. The second kappa shape index (κ2) is 5.51. The molecular weight excluding hydrogens is 269 g/mol. The summed E-state index contributed by atoms with van der Waals surface area (Å²) in [6.07, 6.45) is 0. The summed E-state index contributed by atoms with van der Waals surface area (Å²) in [5, 5.41) is 0.915. The lowest BCUT2D eigenvalue weighted by Crippen LogP contribution is -1.92. The lowest BCUT2D eigenvalue weighted by Gasteiger charge is -2.09. The van der Waals surface area contributed by atoms with E-state index >= 15 is 0 Å². The minimum Gasteiger partial charge on any atom is -0.494 e. The Balaban J connectivity index is 2.45. The minimum absolute atomic E-state index is 0.406. The molecule has 2 rings (SSSR count). The number of hydrogen-bond acceptors (Lipinski definition) is 2. The normalized spacial score (nSPS) is 10.4. The molecule has 0 saturated carbocycles. The van der Waals surface area contributed by atoms with Gasteiger partial charge in [-0.05, 0) is 42.3 Å². The molecule has 0 unspecified atom stereocenters. The molecule has 2 nitrogen and oxygen atoms in total. The largest absolute Gasteiger partial charge is 0.494 e. The smallest absolute Gasteiger partial charge is 0.119 e. The van der Waals surface area contributed by atoms with Crippen molar-refractivity contribution in [2.45, 2.75) is 6.92 Å². The highest BCUT2D eigenvalue weighted by molar-refractivity contribution is 6.39. The van der Waals surface area contributed by atoms with Crippen molar-refractivity contribution >= 4 is 28.9 Å². The standard InChI is InChI=1S/C14H13Cl2NO/c1-2-18-11-5-3-4-9(6-11)10-7-12(15)14(17)13(16)8-10/h3-8H,2,17H2,1H3. The molecule has 2 N–H and O–H groups in total. The molecule has 0 aliphatic carbocycles. The second-order valence-corrected chi connectivity index (χ2v) is 4.63. The molecule has 0 amide bonds. The predicted octanol–water partition coefficient (Wildman–Crippen LogP) is 4.64. The van der Waals surface area contributed by atoms with Crippen LogP contribution in [0.15, 0.2) is 36.4 Å². The SMILES string of the molecule is CCOc1cccc(-c2cc(Cl)c(N)c(Cl)c2)c1. The molecule has 0 aliphatic heterocycles. The molecule has 2 aromatic carbocycles. The van der Waals surface area contributed by atoms with Gasteiger partial charge in [0, 0.05) is 0 Å². The second-order valence-electron chi connectivity index (χ2n) is 3.81. The Morgan fingerprint density at radius 1 is 1.06 bits per heavy atom. The van der Waals surface area contributed by atoms with E-state index in [0.717, 1.165) is 16.9 Å². The van der Waals surface area contributed by atoms with Gasteiger partial charge in [-0.15, -0.1) is 0 Å². The molecular formula is C14H13Cl2NO. The van der Waals surface area contributed by atoms with E-state index in [9.17, 15) is 0 Å². The quantitative estimate of drug-likeness (QED) is 0.832. The van der Waals surface area contributed by atoms with Crippen molar-refractivity contribution in [1.29, 1.82) is 0 Å². The molecule has 18 heavy (non-hydrogen) atoms. The van der Waals surface area contributed by atoms with E-state index in [4.69, 9.17) is 33.7 Å². The van der Waals surface area contributed by atoms with E-state index < -0.39 is 0 Å². The monoisotopic (exact) mass is 281 g/mol. The first-order chi connectivity index (χ1) is 8.61. The summed E-state index contributed by atoms with van der Waals surface area (Å²) >= 11 is 12.1. The summed E-state index contributed by atoms with van der Waals surface area (Å²) in [5.41, 5.74) is 8.03. The Kier molecular flexibility index (Phi) is 4.00. The average molecular weight is 282 g/mol. The maximum absolute atomic E-state index is 6.03. The van der Waals surface area contributed by atoms with Gasteiger partial charge in [0.2, 0.25) is 0 Å². The summed E-state index contributed by atoms with van der Waals surface area (Å²) in [6, 6.07) is 11.4. The average Bonchev–Trinajstić information content (AvgIpc) is 2.36. The van der Waals surface area contributed by atoms with Gasteiger partial charge in [-0.1, -0.05) is 35.3 Å². The van der Waals surface area contributed by atoms with Crippen molar-refractivity contribution in [3.63, 3.8) is 0 Å². The molecule has 0 radical (unpaired) electrons. The van der Waals surface area contributed by atoms with Crippen molar-refractivity contribution in [2.75, 3.05) is 12.3 Å². The molecule has 94 valence electrons. The van der Waals surface area contributed by atoms with Crippen LogP contribution in [-0.2, 0) is 0 Å². The molecule has 0 heterocycles. The molecule has 2 aromatic rings. The molecule has 0 aromatic heterocycles. The van der Waals surface area contributed by atoms with Crippen molar-refractivity contribution in [3.8, 4) is 16.9 Å². The van der Waals surface area contributed by atoms with Gasteiger partial charge in [-0.3, -0.25) is 0 Å². The Labute approximate surface area is 116 Å². The van der Waals surface area contributed by atoms with Crippen molar-refractivity contribution in [3.05, 3.63) is 46.4 Å². The van der Waals surface area contributed by atoms with Gasteiger partial charge in [0.1, 0.15) is 5.75 Å². The van der Waals surface area contributed by atoms with Gasteiger partial charge in [0.05, 0.1) is 22.3 Å². The number of nitrogen functional groups attached to an aromatic ring is 1. The van der Waals surface area contributed by atoms with Crippen LogP contribution in [0.1, 0.15) is 6.92 Å². The summed E-state index contributed by atoms with van der Waals surface area (Å²) in [6.45, 7) is 2.58. The maximum atomic E-state index is 6.03. The van der Waals surface area contributed by atoms with Crippen molar-refractivity contribution in [2.24, 2.45) is 0 Å². The van der Waals surface area contributed by atoms with Crippen LogP contribution in [0.3, 0.4) is 0 Å².